The van der Waals surface area contributed by atoms with Crippen molar-refractivity contribution in [3.63, 3.8) is 0 Å². The summed E-state index contributed by atoms with van der Waals surface area (Å²) >= 11 is 0. The Balaban J connectivity index is 1.47. The van der Waals surface area contributed by atoms with Crippen LogP contribution in [0.4, 0.5) is 4.39 Å². The monoisotopic (exact) mass is 358 g/mol. The number of aryl methyl sites for hydroxylation is 1. The fourth-order valence-corrected chi connectivity index (χ4v) is 3.19. The Bertz CT molecular complexity index is 779. The third kappa shape index (κ3) is 4.50. The minimum absolute atomic E-state index is 0.0323. The van der Waals surface area contributed by atoms with E-state index in [1.165, 1.54) is 6.07 Å². The van der Waals surface area contributed by atoms with Crippen LogP contribution >= 0.6 is 0 Å². The van der Waals surface area contributed by atoms with Crippen molar-refractivity contribution in [1.29, 1.82) is 0 Å². The second kappa shape index (κ2) is 8.17. The maximum Gasteiger partial charge on any atom is 0.220 e. The molecule has 1 aromatic carbocycles. The van der Waals surface area contributed by atoms with Crippen LogP contribution in [-0.4, -0.2) is 35.8 Å². The molecule has 0 atom stereocenters. The van der Waals surface area contributed by atoms with Crippen molar-refractivity contribution in [3.05, 3.63) is 48.0 Å². The van der Waals surface area contributed by atoms with Crippen molar-refractivity contribution < 1.29 is 18.4 Å². The fraction of sp³-hybridized carbons (Fsp3) is 0.400. The molecule has 3 rings (SSSR count). The highest BCUT2D eigenvalue weighted by molar-refractivity contribution is 5.76. The summed E-state index contributed by atoms with van der Waals surface area (Å²) in [6.45, 7) is 2.94. The molecule has 6 heteroatoms. The Labute approximate surface area is 152 Å². The molecule has 1 aliphatic heterocycles. The first-order chi connectivity index (χ1) is 12.5. The Morgan fingerprint density at radius 1 is 1.19 bits per heavy atom. The molecule has 0 unspecified atom stereocenters. The van der Waals surface area contributed by atoms with Crippen LogP contribution in [0.25, 0.3) is 11.3 Å². The van der Waals surface area contributed by atoms with Gasteiger partial charge in [-0.25, -0.2) is 4.39 Å². The average Bonchev–Trinajstić information content (AvgIpc) is 3.09. The van der Waals surface area contributed by atoms with E-state index < -0.39 is 0 Å². The lowest BCUT2D eigenvalue weighted by molar-refractivity contribution is -0.130. The zero-order valence-corrected chi connectivity index (χ0v) is 14.8. The number of nitrogens with one attached hydrogen (secondary N) is 1. The Kier molecular flexibility index (Phi) is 5.71. The second-order valence-corrected chi connectivity index (χ2v) is 6.59. The van der Waals surface area contributed by atoms with Gasteiger partial charge in [0.05, 0.1) is 5.56 Å². The number of benzene rings is 1. The van der Waals surface area contributed by atoms with E-state index in [4.69, 9.17) is 4.42 Å². The van der Waals surface area contributed by atoms with Crippen LogP contribution in [0.3, 0.4) is 0 Å². The number of piperidine rings is 1. The number of carbonyl (C=O) groups is 2. The number of amides is 2. The van der Waals surface area contributed by atoms with E-state index in [9.17, 15) is 14.0 Å². The molecule has 5 nitrogen and oxygen atoms in total. The molecule has 138 valence electrons. The minimum Gasteiger partial charge on any atom is -0.461 e. The Morgan fingerprint density at radius 2 is 1.92 bits per heavy atom. The summed E-state index contributed by atoms with van der Waals surface area (Å²) in [5, 5.41) is 3.02. The van der Waals surface area contributed by atoms with Crippen LogP contribution in [-0.2, 0) is 16.0 Å². The molecule has 1 aliphatic rings. The molecule has 1 fully saturated rings. The molecular weight excluding hydrogens is 335 g/mol. The quantitative estimate of drug-likeness (QED) is 0.893. The van der Waals surface area contributed by atoms with Crippen molar-refractivity contribution in [3.8, 4) is 11.3 Å². The lowest BCUT2D eigenvalue weighted by atomic mass is 10.0. The Hall–Kier alpha value is -2.63. The van der Waals surface area contributed by atoms with Gasteiger partial charge in [0.2, 0.25) is 11.8 Å². The molecule has 2 amide bonds. The van der Waals surface area contributed by atoms with Crippen LogP contribution < -0.4 is 5.32 Å². The van der Waals surface area contributed by atoms with Crippen LogP contribution in [0.5, 0.6) is 0 Å². The lowest BCUT2D eigenvalue weighted by Gasteiger charge is -2.31. The molecule has 2 heterocycles. The second-order valence-electron chi connectivity index (χ2n) is 6.59. The zero-order valence-electron chi connectivity index (χ0n) is 14.8. The van der Waals surface area contributed by atoms with Gasteiger partial charge in [-0.1, -0.05) is 12.1 Å². The van der Waals surface area contributed by atoms with Gasteiger partial charge in [0.25, 0.3) is 0 Å². The highest BCUT2D eigenvalue weighted by Crippen LogP contribution is 2.25. The Morgan fingerprint density at radius 3 is 2.62 bits per heavy atom. The first-order valence-electron chi connectivity index (χ1n) is 8.91. The molecule has 1 N–H and O–H groups in total. The molecule has 0 bridgehead atoms. The van der Waals surface area contributed by atoms with Gasteiger partial charge in [0.1, 0.15) is 17.3 Å². The molecule has 0 radical (unpaired) electrons. The first kappa shape index (κ1) is 18.2. The van der Waals surface area contributed by atoms with Crippen molar-refractivity contribution in [2.75, 3.05) is 13.1 Å². The van der Waals surface area contributed by atoms with E-state index >= 15 is 0 Å². The lowest BCUT2D eigenvalue weighted by Crippen LogP contribution is -2.46. The van der Waals surface area contributed by atoms with Crippen molar-refractivity contribution in [2.45, 2.75) is 38.6 Å². The highest BCUT2D eigenvalue weighted by atomic mass is 19.1. The number of nitrogens with zero attached hydrogens (tertiary/aromatic N) is 1. The first-order valence-corrected chi connectivity index (χ1v) is 8.91. The van der Waals surface area contributed by atoms with Crippen LogP contribution in [0.2, 0.25) is 0 Å². The SMILES string of the molecule is CC(=O)N1CCC(NC(=O)CCc2ccc(-c3ccccc3F)o2)CC1. The standard InChI is InChI=1S/C20H23FN2O3/c1-14(24)23-12-10-15(11-13-23)22-20(25)9-7-16-6-8-19(26-16)17-4-2-3-5-18(17)21/h2-6,8,15H,7,9-13H2,1H3,(H,22,25). The maximum absolute atomic E-state index is 13.8. The zero-order chi connectivity index (χ0) is 18.5. The molecule has 2 aromatic rings. The molecule has 0 spiro atoms. The summed E-state index contributed by atoms with van der Waals surface area (Å²) in [5.74, 6) is 0.844. The third-order valence-corrected chi connectivity index (χ3v) is 4.70. The van der Waals surface area contributed by atoms with Crippen molar-refractivity contribution >= 4 is 11.8 Å². The van der Waals surface area contributed by atoms with Crippen LogP contribution in [0.1, 0.15) is 31.9 Å². The van der Waals surface area contributed by atoms with Crippen LogP contribution in [0, 0.1) is 5.82 Å². The van der Waals surface area contributed by atoms with Gasteiger partial charge >= 0.3 is 0 Å². The van der Waals surface area contributed by atoms with E-state index in [1.807, 2.05) is 0 Å². The van der Waals surface area contributed by atoms with Gasteiger partial charge in [0.15, 0.2) is 0 Å². The summed E-state index contributed by atoms with van der Waals surface area (Å²) in [6.07, 6.45) is 2.34. The normalized spacial score (nSPS) is 15.1. The average molecular weight is 358 g/mol. The van der Waals surface area contributed by atoms with E-state index in [0.29, 0.717) is 43.0 Å². The summed E-state index contributed by atoms with van der Waals surface area (Å²) < 4.78 is 19.5. The fourth-order valence-electron chi connectivity index (χ4n) is 3.19. The third-order valence-electron chi connectivity index (χ3n) is 4.70. The highest BCUT2D eigenvalue weighted by Gasteiger charge is 2.22. The molecule has 1 aromatic heterocycles. The van der Waals surface area contributed by atoms with Gasteiger partial charge in [-0.3, -0.25) is 9.59 Å². The molecule has 0 saturated carbocycles. The summed E-state index contributed by atoms with van der Waals surface area (Å²) in [5.41, 5.74) is 0.417. The smallest absolute Gasteiger partial charge is 0.220 e. The number of hydrogen-bond acceptors (Lipinski definition) is 3. The van der Waals surface area contributed by atoms with Gasteiger partial charge in [-0.05, 0) is 37.1 Å². The predicted molar refractivity (Wildman–Crippen MR) is 95.8 cm³/mol. The van der Waals surface area contributed by atoms with Gasteiger partial charge < -0.3 is 14.6 Å². The van der Waals surface area contributed by atoms with E-state index in [0.717, 1.165) is 12.8 Å². The molecule has 26 heavy (non-hydrogen) atoms. The molecular formula is C20H23FN2O3. The molecule has 1 saturated heterocycles. The maximum atomic E-state index is 13.8. The van der Waals surface area contributed by atoms with Gasteiger partial charge in [0, 0.05) is 38.9 Å². The summed E-state index contributed by atoms with van der Waals surface area (Å²) in [7, 11) is 0. The van der Waals surface area contributed by atoms with E-state index in [1.54, 1.807) is 42.2 Å². The van der Waals surface area contributed by atoms with Crippen LogP contribution in [0.15, 0.2) is 40.8 Å². The number of rotatable bonds is 5. The van der Waals surface area contributed by atoms with Gasteiger partial charge in [-0.15, -0.1) is 0 Å². The van der Waals surface area contributed by atoms with E-state index in [2.05, 4.69) is 5.32 Å². The number of furan rings is 1. The number of halogens is 1. The van der Waals surface area contributed by atoms with E-state index in [-0.39, 0.29) is 23.7 Å². The number of likely N-dealkylation sites (tertiary alicyclic amines) is 1. The van der Waals surface area contributed by atoms with Gasteiger partial charge in [-0.2, -0.15) is 0 Å². The molecule has 0 aliphatic carbocycles. The summed E-state index contributed by atoms with van der Waals surface area (Å²) in [6, 6.07) is 10.1. The minimum atomic E-state index is -0.331. The largest absolute Gasteiger partial charge is 0.461 e. The number of hydrogen-bond donors (Lipinski definition) is 1. The number of carbonyl (C=O) groups excluding carboxylic acids is 2. The summed E-state index contributed by atoms with van der Waals surface area (Å²) in [4.78, 5) is 25.3. The predicted octanol–water partition coefficient (Wildman–Crippen LogP) is 3.15. The van der Waals surface area contributed by atoms with Crippen molar-refractivity contribution in [1.82, 2.24) is 10.2 Å². The topological polar surface area (TPSA) is 62.6 Å². The van der Waals surface area contributed by atoms with Crippen molar-refractivity contribution in [2.24, 2.45) is 0 Å².